The topological polar surface area (TPSA) is 91.3 Å². The van der Waals surface area contributed by atoms with Gasteiger partial charge in [-0.25, -0.2) is 15.0 Å². The molecule has 0 radical (unpaired) electrons. The summed E-state index contributed by atoms with van der Waals surface area (Å²) >= 11 is 1.45. The molecule has 1 saturated heterocycles. The van der Waals surface area contributed by atoms with Gasteiger partial charge in [0.25, 0.3) is 10.2 Å². The van der Waals surface area contributed by atoms with Gasteiger partial charge in [0.15, 0.2) is 5.13 Å². The third kappa shape index (κ3) is 3.34. The summed E-state index contributed by atoms with van der Waals surface area (Å²) in [6, 6.07) is 1.50. The van der Waals surface area contributed by atoms with Gasteiger partial charge in [0.05, 0.1) is 11.7 Å². The molecule has 10 heteroatoms. The number of hydrogen-bond acceptors (Lipinski definition) is 7. The molecule has 1 fully saturated rings. The molecule has 0 aromatic carbocycles. The number of thiazole rings is 1. The average molecular weight is 354 g/mol. The van der Waals surface area contributed by atoms with Gasteiger partial charge < -0.3 is 5.32 Å². The molecule has 23 heavy (non-hydrogen) atoms. The van der Waals surface area contributed by atoms with E-state index in [9.17, 15) is 8.42 Å². The molecule has 0 aliphatic carbocycles. The minimum atomic E-state index is -3.46. The third-order valence-corrected chi connectivity index (χ3v) is 6.27. The molecule has 0 saturated carbocycles. The molecule has 0 unspecified atom stereocenters. The Balaban J connectivity index is 1.86. The molecule has 0 bridgehead atoms. The summed E-state index contributed by atoms with van der Waals surface area (Å²) in [4.78, 5) is 12.8. The Morgan fingerprint density at radius 2 is 2.17 bits per heavy atom. The highest BCUT2D eigenvalue weighted by atomic mass is 32.2. The van der Waals surface area contributed by atoms with Crippen molar-refractivity contribution in [2.75, 3.05) is 26.0 Å². The highest BCUT2D eigenvalue weighted by molar-refractivity contribution is 7.86. The van der Waals surface area contributed by atoms with Gasteiger partial charge in [-0.1, -0.05) is 0 Å². The first-order chi connectivity index (χ1) is 11.0. The Morgan fingerprint density at radius 3 is 2.87 bits per heavy atom. The molecule has 3 heterocycles. The van der Waals surface area contributed by atoms with Crippen molar-refractivity contribution in [2.45, 2.75) is 18.9 Å². The largest absolute Gasteiger partial charge is 0.300 e. The van der Waals surface area contributed by atoms with Crippen LogP contribution in [0.5, 0.6) is 0 Å². The summed E-state index contributed by atoms with van der Waals surface area (Å²) in [7, 11) is -0.378. The van der Waals surface area contributed by atoms with Crippen LogP contribution in [0, 0.1) is 0 Å². The maximum absolute atomic E-state index is 12.4. The van der Waals surface area contributed by atoms with Crippen LogP contribution in [-0.2, 0) is 10.2 Å². The smallest absolute Gasteiger partial charge is 0.282 e. The number of rotatable bonds is 5. The van der Waals surface area contributed by atoms with Gasteiger partial charge in [-0.15, -0.1) is 11.3 Å². The van der Waals surface area contributed by atoms with Crippen LogP contribution in [0.4, 0.5) is 11.1 Å². The van der Waals surface area contributed by atoms with Crippen molar-refractivity contribution < 1.29 is 8.42 Å². The number of nitrogens with zero attached hydrogens (tertiary/aromatic N) is 5. The van der Waals surface area contributed by atoms with E-state index in [2.05, 4.69) is 20.3 Å². The van der Waals surface area contributed by atoms with Crippen molar-refractivity contribution in [3.05, 3.63) is 29.5 Å². The second kappa shape index (κ2) is 6.48. The number of anilines is 2. The zero-order valence-corrected chi connectivity index (χ0v) is 14.5. The summed E-state index contributed by atoms with van der Waals surface area (Å²) in [5.41, 5.74) is 0.696. The number of nitrogens with one attached hydrogen (secondary N) is 1. The van der Waals surface area contributed by atoms with E-state index in [0.29, 0.717) is 23.3 Å². The Labute approximate surface area is 139 Å². The summed E-state index contributed by atoms with van der Waals surface area (Å²) in [6.45, 7) is 0.504. The summed E-state index contributed by atoms with van der Waals surface area (Å²) in [5.74, 6) is 0.423. The monoisotopic (exact) mass is 354 g/mol. The zero-order chi connectivity index (χ0) is 16.4. The first kappa shape index (κ1) is 16.2. The molecule has 0 amide bonds. The molecular formula is C13H18N6O2S2. The summed E-state index contributed by atoms with van der Waals surface area (Å²) in [6.07, 6.45) is 4.90. The average Bonchev–Trinajstić information content (AvgIpc) is 3.18. The summed E-state index contributed by atoms with van der Waals surface area (Å²) < 4.78 is 27.6. The van der Waals surface area contributed by atoms with Crippen LogP contribution >= 0.6 is 11.3 Å². The van der Waals surface area contributed by atoms with Gasteiger partial charge in [-0.05, 0) is 18.9 Å². The van der Waals surface area contributed by atoms with Gasteiger partial charge >= 0.3 is 0 Å². The molecule has 1 atom stereocenters. The lowest BCUT2D eigenvalue weighted by atomic mass is 10.1. The van der Waals surface area contributed by atoms with E-state index >= 15 is 0 Å². The molecule has 1 aliphatic rings. The predicted octanol–water partition coefficient (Wildman–Crippen LogP) is 1.62. The van der Waals surface area contributed by atoms with E-state index in [-0.39, 0.29) is 6.04 Å². The maximum Gasteiger partial charge on any atom is 0.282 e. The number of aromatic nitrogens is 3. The highest BCUT2D eigenvalue weighted by Gasteiger charge is 2.37. The fourth-order valence-electron chi connectivity index (χ4n) is 2.52. The second-order valence-electron chi connectivity index (χ2n) is 5.33. The predicted molar refractivity (Wildman–Crippen MR) is 88.7 cm³/mol. The van der Waals surface area contributed by atoms with Crippen LogP contribution in [-0.4, -0.2) is 52.6 Å². The first-order valence-electron chi connectivity index (χ1n) is 7.17. The third-order valence-electron chi connectivity index (χ3n) is 3.63. The van der Waals surface area contributed by atoms with Gasteiger partial charge in [-0.3, -0.25) is 0 Å². The van der Waals surface area contributed by atoms with E-state index in [1.165, 1.54) is 19.9 Å². The summed E-state index contributed by atoms with van der Waals surface area (Å²) in [5, 5.41) is 5.59. The van der Waals surface area contributed by atoms with Gasteiger partial charge in [-0.2, -0.15) is 17.0 Å². The molecule has 0 spiro atoms. The van der Waals surface area contributed by atoms with Crippen LogP contribution < -0.4 is 5.32 Å². The van der Waals surface area contributed by atoms with E-state index < -0.39 is 10.2 Å². The van der Waals surface area contributed by atoms with Crippen LogP contribution in [0.15, 0.2) is 23.8 Å². The Kier molecular flexibility index (Phi) is 4.57. The number of hydrogen-bond donors (Lipinski definition) is 1. The van der Waals surface area contributed by atoms with Crippen LogP contribution in [0.3, 0.4) is 0 Å². The van der Waals surface area contributed by atoms with E-state index in [0.717, 1.165) is 12.8 Å². The van der Waals surface area contributed by atoms with Crippen molar-refractivity contribution in [1.82, 2.24) is 23.6 Å². The van der Waals surface area contributed by atoms with Gasteiger partial charge in [0.1, 0.15) is 0 Å². The molecule has 8 nitrogen and oxygen atoms in total. The Bertz CT molecular complexity index is 763. The molecular weight excluding hydrogens is 336 g/mol. The highest BCUT2D eigenvalue weighted by Crippen LogP contribution is 2.34. The zero-order valence-electron chi connectivity index (χ0n) is 12.9. The van der Waals surface area contributed by atoms with Crippen LogP contribution in [0.25, 0.3) is 0 Å². The van der Waals surface area contributed by atoms with Crippen molar-refractivity contribution in [2.24, 2.45) is 0 Å². The van der Waals surface area contributed by atoms with Crippen LogP contribution in [0.2, 0.25) is 0 Å². The molecule has 1 N–H and O–H groups in total. The van der Waals surface area contributed by atoms with E-state index in [1.54, 1.807) is 32.6 Å². The van der Waals surface area contributed by atoms with Gasteiger partial charge in [0.2, 0.25) is 5.95 Å². The fraction of sp³-hybridized carbons (Fsp3) is 0.462. The lowest BCUT2D eigenvalue weighted by Crippen LogP contribution is -2.39. The molecule has 124 valence electrons. The first-order valence-corrected chi connectivity index (χ1v) is 9.45. The SMILES string of the molecule is CN(C)S(=O)(=O)N1CCC[C@H]1c1ccnc(Nc2nccs2)n1. The van der Waals surface area contributed by atoms with Crippen molar-refractivity contribution in [1.29, 1.82) is 0 Å². The van der Waals surface area contributed by atoms with Crippen molar-refractivity contribution in [3.63, 3.8) is 0 Å². The second-order valence-corrected chi connectivity index (χ2v) is 8.32. The molecule has 2 aromatic rings. The standard InChI is InChI=1S/C13H18N6O2S2/c1-18(2)23(20,21)19-8-3-4-11(19)10-5-6-14-12(16-10)17-13-15-7-9-22-13/h5-7,9,11H,3-4,8H2,1-2H3,(H,14,15,16,17)/t11-/m0/s1. The molecule has 3 rings (SSSR count). The lowest BCUT2D eigenvalue weighted by Gasteiger charge is -2.26. The molecule has 1 aliphatic heterocycles. The van der Waals surface area contributed by atoms with Crippen molar-refractivity contribution >= 4 is 32.6 Å². The fourth-order valence-corrected chi connectivity index (χ4v) is 4.36. The minimum Gasteiger partial charge on any atom is -0.300 e. The quantitative estimate of drug-likeness (QED) is 0.877. The Hall–Kier alpha value is -1.62. The van der Waals surface area contributed by atoms with E-state index in [1.807, 2.05) is 5.38 Å². The maximum atomic E-state index is 12.4. The van der Waals surface area contributed by atoms with Crippen LogP contribution in [0.1, 0.15) is 24.6 Å². The van der Waals surface area contributed by atoms with E-state index in [4.69, 9.17) is 0 Å². The van der Waals surface area contributed by atoms with Crippen molar-refractivity contribution in [3.8, 4) is 0 Å². The minimum absolute atomic E-state index is 0.262. The molecule has 2 aromatic heterocycles. The normalized spacial score (nSPS) is 19.3. The van der Waals surface area contributed by atoms with Gasteiger partial charge in [0, 0.05) is 38.4 Å². The Morgan fingerprint density at radius 1 is 1.35 bits per heavy atom. The lowest BCUT2D eigenvalue weighted by molar-refractivity contribution is 0.358.